The van der Waals surface area contributed by atoms with E-state index in [1.54, 1.807) is 30.4 Å². The van der Waals surface area contributed by atoms with Crippen LogP contribution in [0.4, 0.5) is 11.5 Å². The second kappa shape index (κ2) is 8.63. The number of benzene rings is 1. The summed E-state index contributed by atoms with van der Waals surface area (Å²) < 4.78 is 1.90. The van der Waals surface area contributed by atoms with Gasteiger partial charge in [0.15, 0.2) is 0 Å². The van der Waals surface area contributed by atoms with Gasteiger partial charge in [0, 0.05) is 48.7 Å². The van der Waals surface area contributed by atoms with E-state index in [1.807, 2.05) is 39.9 Å². The molecule has 1 aromatic carbocycles. The molecule has 0 unspecified atom stereocenters. The molecule has 0 radical (unpaired) electrons. The first-order valence-electron chi connectivity index (χ1n) is 9.85. The van der Waals surface area contributed by atoms with Crippen molar-refractivity contribution in [1.29, 1.82) is 0 Å². The number of carbonyl (C=O) groups is 2. The fourth-order valence-electron chi connectivity index (χ4n) is 3.69. The first-order valence-corrected chi connectivity index (χ1v) is 10.2. The summed E-state index contributed by atoms with van der Waals surface area (Å²) in [6.45, 7) is 6.87. The number of halogens is 1. The first kappa shape index (κ1) is 20.0. The van der Waals surface area contributed by atoms with Gasteiger partial charge in [-0.25, -0.2) is 0 Å². The lowest BCUT2D eigenvalue weighted by atomic mass is 10.2. The van der Waals surface area contributed by atoms with E-state index in [0.29, 0.717) is 41.6 Å². The van der Waals surface area contributed by atoms with Crippen molar-refractivity contribution in [3.8, 4) is 0 Å². The topological polar surface area (TPSA) is 57.6 Å². The Morgan fingerprint density at radius 3 is 2.53 bits per heavy atom. The Bertz CT molecular complexity index is 1030. The zero-order valence-electron chi connectivity index (χ0n) is 16.6. The Kier molecular flexibility index (Phi) is 5.77. The fourth-order valence-corrected chi connectivity index (χ4v) is 3.82. The molecule has 2 amide bonds. The van der Waals surface area contributed by atoms with Crippen molar-refractivity contribution in [3.63, 3.8) is 0 Å². The highest BCUT2D eigenvalue weighted by Crippen LogP contribution is 2.24. The number of fused-ring (bicyclic) bond motifs is 1. The molecule has 0 spiro atoms. The number of hydrogen-bond donors (Lipinski definition) is 1. The molecular weight excluding hydrogens is 400 g/mol. The zero-order valence-corrected chi connectivity index (χ0v) is 17.3. The van der Waals surface area contributed by atoms with Crippen molar-refractivity contribution in [2.45, 2.75) is 6.54 Å². The van der Waals surface area contributed by atoms with Gasteiger partial charge in [-0.2, -0.15) is 0 Å². The number of anilines is 2. The number of nitrogens with one attached hydrogen (secondary N) is 1. The summed E-state index contributed by atoms with van der Waals surface area (Å²) in [6, 6.07) is 9.51. The van der Waals surface area contributed by atoms with E-state index in [0.717, 1.165) is 18.8 Å². The summed E-state index contributed by atoms with van der Waals surface area (Å²) in [5.74, 6) is 0.483. The molecule has 154 valence electrons. The van der Waals surface area contributed by atoms with Gasteiger partial charge >= 0.3 is 0 Å². The van der Waals surface area contributed by atoms with Crippen LogP contribution in [0.5, 0.6) is 0 Å². The van der Waals surface area contributed by atoms with E-state index in [-0.39, 0.29) is 11.8 Å². The van der Waals surface area contributed by atoms with E-state index in [1.165, 1.54) is 0 Å². The number of aromatic nitrogens is 1. The Morgan fingerprint density at radius 2 is 1.83 bits per heavy atom. The Labute approximate surface area is 180 Å². The van der Waals surface area contributed by atoms with E-state index >= 15 is 0 Å². The molecule has 2 aliphatic rings. The predicted octanol–water partition coefficient (Wildman–Crippen LogP) is 3.72. The molecule has 2 aliphatic heterocycles. The summed E-state index contributed by atoms with van der Waals surface area (Å²) in [5, 5.41) is 3.57. The van der Waals surface area contributed by atoms with Gasteiger partial charge in [-0.3, -0.25) is 9.59 Å². The van der Waals surface area contributed by atoms with Gasteiger partial charge in [-0.1, -0.05) is 42.5 Å². The van der Waals surface area contributed by atoms with E-state index in [2.05, 4.69) is 16.8 Å². The molecule has 0 saturated carbocycles. The number of rotatable bonds is 4. The van der Waals surface area contributed by atoms with E-state index < -0.39 is 0 Å². The first-order chi connectivity index (χ1) is 14.5. The second-order valence-corrected chi connectivity index (χ2v) is 7.70. The van der Waals surface area contributed by atoms with Gasteiger partial charge in [0.2, 0.25) is 0 Å². The number of hydrogen-bond acceptors (Lipinski definition) is 3. The molecule has 2 aromatic rings. The highest BCUT2D eigenvalue weighted by Gasteiger charge is 2.26. The summed E-state index contributed by atoms with van der Waals surface area (Å²) in [6.07, 6.45) is 8.78. The van der Waals surface area contributed by atoms with Crippen molar-refractivity contribution in [1.82, 2.24) is 9.47 Å². The second-order valence-electron chi connectivity index (χ2n) is 7.26. The van der Waals surface area contributed by atoms with Crippen LogP contribution < -0.4 is 10.2 Å². The lowest BCUT2D eigenvalue weighted by Gasteiger charge is -2.36. The maximum Gasteiger partial charge on any atom is 0.255 e. The van der Waals surface area contributed by atoms with Crippen LogP contribution in [-0.4, -0.2) is 47.5 Å². The monoisotopic (exact) mass is 422 g/mol. The van der Waals surface area contributed by atoms with Crippen LogP contribution in [0.25, 0.3) is 0 Å². The van der Waals surface area contributed by atoms with Crippen molar-refractivity contribution in [2.75, 3.05) is 36.4 Å². The minimum Gasteiger partial charge on any atom is -0.368 e. The third-order valence-electron chi connectivity index (χ3n) is 5.32. The SMILES string of the molecule is C=C/C=C\C=C1/Cn2cc(C(=O)N3CCN(c4ccc(Cl)cc4)CC3)cc2NC1=O. The molecule has 1 fully saturated rings. The summed E-state index contributed by atoms with van der Waals surface area (Å²) >= 11 is 5.97. The van der Waals surface area contributed by atoms with Gasteiger partial charge in [0.1, 0.15) is 5.82 Å². The van der Waals surface area contributed by atoms with Crippen LogP contribution in [0.15, 0.2) is 73.0 Å². The molecular formula is C23H23ClN4O2. The maximum atomic E-state index is 13.0. The smallest absolute Gasteiger partial charge is 0.255 e. The lowest BCUT2D eigenvalue weighted by Crippen LogP contribution is -2.48. The molecule has 1 aromatic heterocycles. The van der Waals surface area contributed by atoms with Gasteiger partial charge < -0.3 is 19.7 Å². The fraction of sp³-hybridized carbons (Fsp3) is 0.217. The highest BCUT2D eigenvalue weighted by molar-refractivity contribution is 6.30. The predicted molar refractivity (Wildman–Crippen MR) is 120 cm³/mol. The Hall–Kier alpha value is -3.25. The van der Waals surface area contributed by atoms with Gasteiger partial charge in [0.25, 0.3) is 11.8 Å². The molecule has 0 bridgehead atoms. The van der Waals surface area contributed by atoms with Crippen LogP contribution in [0.2, 0.25) is 5.02 Å². The Balaban J connectivity index is 1.42. The molecule has 4 rings (SSSR count). The normalized spacial score (nSPS) is 17.9. The van der Waals surface area contributed by atoms with Crippen LogP contribution >= 0.6 is 11.6 Å². The maximum absolute atomic E-state index is 13.0. The van der Waals surface area contributed by atoms with Crippen molar-refractivity contribution < 1.29 is 9.59 Å². The van der Waals surface area contributed by atoms with Gasteiger partial charge in [0.05, 0.1) is 12.1 Å². The number of amides is 2. The molecule has 3 heterocycles. The lowest BCUT2D eigenvalue weighted by molar-refractivity contribution is -0.113. The minimum atomic E-state index is -0.148. The average molecular weight is 423 g/mol. The third-order valence-corrected chi connectivity index (χ3v) is 5.57. The highest BCUT2D eigenvalue weighted by atomic mass is 35.5. The van der Waals surface area contributed by atoms with E-state index in [9.17, 15) is 9.59 Å². The summed E-state index contributed by atoms with van der Waals surface area (Å²) in [4.78, 5) is 29.4. The number of piperazine rings is 1. The molecule has 1 saturated heterocycles. The number of carbonyl (C=O) groups excluding carboxylic acids is 2. The molecule has 0 atom stereocenters. The van der Waals surface area contributed by atoms with Gasteiger partial charge in [-0.05, 0) is 30.3 Å². The van der Waals surface area contributed by atoms with Crippen LogP contribution in [-0.2, 0) is 11.3 Å². The third kappa shape index (κ3) is 4.19. The molecule has 6 nitrogen and oxygen atoms in total. The van der Waals surface area contributed by atoms with Crippen molar-refractivity contribution in [3.05, 3.63) is 83.6 Å². The molecule has 30 heavy (non-hydrogen) atoms. The number of nitrogens with zero attached hydrogens (tertiary/aromatic N) is 3. The van der Waals surface area contributed by atoms with Gasteiger partial charge in [-0.15, -0.1) is 0 Å². The molecule has 1 N–H and O–H groups in total. The standard InChI is InChI=1S/C23H23ClN4O2/c1-2-3-4-5-17-15-28-16-18(14-21(28)25-22(17)29)23(30)27-12-10-26(11-13-27)20-8-6-19(24)7-9-20/h2-9,14,16H,1,10-13,15H2,(H,25,29)/b4-3-,17-5+. The number of allylic oxidation sites excluding steroid dienone is 4. The average Bonchev–Trinajstić information content (AvgIpc) is 3.17. The van der Waals surface area contributed by atoms with Crippen molar-refractivity contribution in [2.24, 2.45) is 0 Å². The molecule has 0 aliphatic carbocycles. The largest absolute Gasteiger partial charge is 0.368 e. The Morgan fingerprint density at radius 1 is 1.10 bits per heavy atom. The minimum absolute atomic E-state index is 0.0148. The van der Waals surface area contributed by atoms with Crippen LogP contribution in [0.1, 0.15) is 10.4 Å². The van der Waals surface area contributed by atoms with E-state index in [4.69, 9.17) is 11.6 Å². The molecule has 7 heteroatoms. The van der Waals surface area contributed by atoms with Crippen LogP contribution in [0, 0.1) is 0 Å². The van der Waals surface area contributed by atoms with Crippen LogP contribution in [0.3, 0.4) is 0 Å². The van der Waals surface area contributed by atoms with Crippen molar-refractivity contribution >= 4 is 34.9 Å². The zero-order chi connectivity index (χ0) is 21.1. The quantitative estimate of drug-likeness (QED) is 0.603. The summed E-state index contributed by atoms with van der Waals surface area (Å²) in [7, 11) is 0. The summed E-state index contributed by atoms with van der Waals surface area (Å²) in [5.41, 5.74) is 2.33.